The van der Waals surface area contributed by atoms with Gasteiger partial charge in [-0.1, -0.05) is 0 Å². The van der Waals surface area contributed by atoms with Gasteiger partial charge in [-0.3, -0.25) is 14.5 Å². The van der Waals surface area contributed by atoms with E-state index in [0.717, 1.165) is 0 Å². The topological polar surface area (TPSA) is 66.8 Å². The summed E-state index contributed by atoms with van der Waals surface area (Å²) >= 11 is 0. The molecule has 2 aliphatic heterocycles. The number of carbonyl (C=O) groups is 2. The van der Waals surface area contributed by atoms with E-state index in [2.05, 4.69) is 5.32 Å². The van der Waals surface area contributed by atoms with Crippen LogP contribution in [-0.2, 0) is 16.6 Å². The molecule has 1 spiro atoms. The van der Waals surface area contributed by atoms with Crippen LogP contribution in [0, 0.1) is 0 Å². The molecule has 1 aromatic rings. The van der Waals surface area contributed by atoms with Crippen LogP contribution in [0.1, 0.15) is 10.5 Å². The SMILES string of the molecule is CNC(=O)[C@H]1COC2(CN(C(=O)c3cccn3C)C2)CN1C. The lowest BCUT2D eigenvalue weighted by molar-refractivity contribution is -0.187. The van der Waals surface area contributed by atoms with E-state index < -0.39 is 0 Å². The molecule has 22 heavy (non-hydrogen) atoms. The molecule has 1 aromatic heterocycles. The standard InChI is InChI=1S/C15H22N4O3/c1-16-13(20)12-7-22-15(8-18(12)3)9-19(10-15)14(21)11-5-4-6-17(11)2/h4-6,12H,7-10H2,1-3H3,(H,16,20)/t12-/m1/s1. The maximum absolute atomic E-state index is 12.4. The summed E-state index contributed by atoms with van der Waals surface area (Å²) in [7, 11) is 5.41. The molecule has 0 saturated carbocycles. The maximum atomic E-state index is 12.4. The second kappa shape index (κ2) is 5.40. The van der Waals surface area contributed by atoms with Gasteiger partial charge in [-0.05, 0) is 19.2 Å². The van der Waals surface area contributed by atoms with Crippen LogP contribution in [0.15, 0.2) is 18.3 Å². The normalized spacial score (nSPS) is 24.1. The highest BCUT2D eigenvalue weighted by Gasteiger charge is 2.51. The minimum Gasteiger partial charge on any atom is -0.368 e. The number of likely N-dealkylation sites (N-methyl/N-ethyl adjacent to an activating group) is 2. The number of ether oxygens (including phenoxy) is 1. The number of hydrogen-bond donors (Lipinski definition) is 1. The van der Waals surface area contributed by atoms with Crippen LogP contribution in [0.25, 0.3) is 0 Å². The molecular weight excluding hydrogens is 284 g/mol. The van der Waals surface area contributed by atoms with Crippen molar-refractivity contribution in [3.8, 4) is 0 Å². The number of aryl methyl sites for hydroxylation is 1. The molecule has 2 saturated heterocycles. The number of nitrogens with zero attached hydrogens (tertiary/aromatic N) is 3. The van der Waals surface area contributed by atoms with E-state index in [1.54, 1.807) is 11.9 Å². The van der Waals surface area contributed by atoms with Crippen molar-refractivity contribution < 1.29 is 14.3 Å². The van der Waals surface area contributed by atoms with Crippen molar-refractivity contribution in [3.05, 3.63) is 24.0 Å². The average molecular weight is 306 g/mol. The highest BCUT2D eigenvalue weighted by molar-refractivity contribution is 5.93. The van der Waals surface area contributed by atoms with Crippen LogP contribution in [0.2, 0.25) is 0 Å². The molecule has 3 rings (SSSR count). The van der Waals surface area contributed by atoms with Gasteiger partial charge in [-0.25, -0.2) is 0 Å². The molecule has 0 aromatic carbocycles. The Labute approximate surface area is 129 Å². The number of nitrogens with one attached hydrogen (secondary N) is 1. The fourth-order valence-corrected chi connectivity index (χ4v) is 3.27. The number of hydrogen-bond acceptors (Lipinski definition) is 4. The quantitative estimate of drug-likeness (QED) is 0.784. The number of aromatic nitrogens is 1. The third kappa shape index (κ3) is 2.40. The number of amides is 2. The summed E-state index contributed by atoms with van der Waals surface area (Å²) in [5.74, 6) is -0.00813. The van der Waals surface area contributed by atoms with E-state index in [9.17, 15) is 9.59 Å². The van der Waals surface area contributed by atoms with Gasteiger partial charge in [0.1, 0.15) is 17.3 Å². The molecule has 2 amide bonds. The van der Waals surface area contributed by atoms with Gasteiger partial charge in [0.15, 0.2) is 0 Å². The van der Waals surface area contributed by atoms with Gasteiger partial charge < -0.3 is 19.5 Å². The molecule has 1 N–H and O–H groups in total. The van der Waals surface area contributed by atoms with Gasteiger partial charge >= 0.3 is 0 Å². The third-order valence-corrected chi connectivity index (χ3v) is 4.57. The Balaban J connectivity index is 1.60. The van der Waals surface area contributed by atoms with E-state index in [1.165, 1.54) is 0 Å². The molecule has 2 aliphatic rings. The molecule has 120 valence electrons. The summed E-state index contributed by atoms with van der Waals surface area (Å²) in [6, 6.07) is 3.43. The molecule has 7 heteroatoms. The first-order valence-electron chi connectivity index (χ1n) is 7.42. The van der Waals surface area contributed by atoms with Crippen molar-refractivity contribution in [1.29, 1.82) is 0 Å². The van der Waals surface area contributed by atoms with E-state index in [-0.39, 0.29) is 23.5 Å². The molecule has 3 heterocycles. The van der Waals surface area contributed by atoms with E-state index in [1.807, 2.05) is 41.9 Å². The molecule has 0 aliphatic carbocycles. The Kier molecular flexibility index (Phi) is 3.70. The third-order valence-electron chi connectivity index (χ3n) is 4.57. The first-order chi connectivity index (χ1) is 10.5. The molecule has 0 unspecified atom stereocenters. The van der Waals surface area contributed by atoms with Crippen LogP contribution < -0.4 is 5.32 Å². The lowest BCUT2D eigenvalue weighted by Gasteiger charge is -2.54. The Morgan fingerprint density at radius 2 is 2.05 bits per heavy atom. The Bertz CT molecular complexity index is 591. The highest BCUT2D eigenvalue weighted by atomic mass is 16.5. The number of carbonyl (C=O) groups excluding carboxylic acids is 2. The van der Waals surface area contributed by atoms with Gasteiger partial charge in [0, 0.05) is 26.8 Å². The summed E-state index contributed by atoms with van der Waals surface area (Å²) in [6.45, 7) is 2.16. The van der Waals surface area contributed by atoms with E-state index in [0.29, 0.717) is 31.9 Å². The van der Waals surface area contributed by atoms with E-state index >= 15 is 0 Å². The average Bonchev–Trinajstić information content (AvgIpc) is 2.89. The fourth-order valence-electron chi connectivity index (χ4n) is 3.27. The zero-order valence-electron chi connectivity index (χ0n) is 13.2. The van der Waals surface area contributed by atoms with E-state index in [4.69, 9.17) is 4.74 Å². The molecular formula is C15H22N4O3. The fraction of sp³-hybridized carbons (Fsp3) is 0.600. The Morgan fingerprint density at radius 1 is 1.32 bits per heavy atom. The van der Waals surface area contributed by atoms with Gasteiger partial charge in [0.2, 0.25) is 5.91 Å². The van der Waals surface area contributed by atoms with Crippen molar-refractivity contribution in [3.63, 3.8) is 0 Å². The van der Waals surface area contributed by atoms with Crippen LogP contribution in [-0.4, -0.2) is 78.2 Å². The summed E-state index contributed by atoms with van der Waals surface area (Å²) in [6.07, 6.45) is 1.86. The van der Waals surface area contributed by atoms with Gasteiger partial charge in [-0.15, -0.1) is 0 Å². The Hall–Kier alpha value is -1.86. The zero-order valence-corrected chi connectivity index (χ0v) is 13.2. The van der Waals surface area contributed by atoms with Crippen molar-refractivity contribution in [2.45, 2.75) is 11.6 Å². The maximum Gasteiger partial charge on any atom is 0.270 e. The number of morpholine rings is 1. The molecule has 7 nitrogen and oxygen atoms in total. The smallest absolute Gasteiger partial charge is 0.270 e. The van der Waals surface area contributed by atoms with Crippen molar-refractivity contribution in [1.82, 2.24) is 19.7 Å². The summed E-state index contributed by atoms with van der Waals surface area (Å²) in [5.41, 5.74) is 0.349. The second-order valence-electron chi connectivity index (χ2n) is 6.20. The van der Waals surface area contributed by atoms with Crippen LogP contribution in [0.3, 0.4) is 0 Å². The second-order valence-corrected chi connectivity index (χ2v) is 6.20. The minimum absolute atomic E-state index is 0.0257. The van der Waals surface area contributed by atoms with Crippen molar-refractivity contribution in [2.24, 2.45) is 7.05 Å². The summed E-state index contributed by atoms with van der Waals surface area (Å²) in [5, 5.41) is 2.65. The first kappa shape index (κ1) is 15.1. The molecule has 1 atom stereocenters. The summed E-state index contributed by atoms with van der Waals surface area (Å²) < 4.78 is 7.75. The monoisotopic (exact) mass is 306 g/mol. The highest BCUT2D eigenvalue weighted by Crippen LogP contribution is 2.31. The largest absolute Gasteiger partial charge is 0.368 e. The minimum atomic E-state index is -0.333. The first-order valence-corrected chi connectivity index (χ1v) is 7.42. The number of rotatable bonds is 2. The Morgan fingerprint density at radius 3 is 2.59 bits per heavy atom. The predicted molar refractivity (Wildman–Crippen MR) is 80.5 cm³/mol. The van der Waals surface area contributed by atoms with Crippen LogP contribution in [0.4, 0.5) is 0 Å². The zero-order chi connectivity index (χ0) is 15.9. The van der Waals surface area contributed by atoms with Crippen LogP contribution in [0.5, 0.6) is 0 Å². The van der Waals surface area contributed by atoms with Crippen LogP contribution >= 0.6 is 0 Å². The summed E-state index contributed by atoms with van der Waals surface area (Å²) in [4.78, 5) is 28.0. The number of likely N-dealkylation sites (tertiary alicyclic amines) is 1. The van der Waals surface area contributed by atoms with Crippen molar-refractivity contribution >= 4 is 11.8 Å². The predicted octanol–water partition coefficient (Wildman–Crippen LogP) is -0.704. The van der Waals surface area contributed by atoms with Gasteiger partial charge in [0.25, 0.3) is 5.91 Å². The lowest BCUT2D eigenvalue weighted by atomic mass is 9.90. The van der Waals surface area contributed by atoms with Gasteiger partial charge in [-0.2, -0.15) is 0 Å². The molecule has 0 radical (unpaired) electrons. The lowest BCUT2D eigenvalue weighted by Crippen LogP contribution is -2.73. The molecule has 2 fully saturated rings. The van der Waals surface area contributed by atoms with Crippen molar-refractivity contribution in [2.75, 3.05) is 40.3 Å². The van der Waals surface area contributed by atoms with Gasteiger partial charge in [0.05, 0.1) is 19.7 Å². The molecule has 0 bridgehead atoms.